The lowest BCUT2D eigenvalue weighted by Gasteiger charge is -1.95. The molecule has 2 heterocycles. The van der Waals surface area contributed by atoms with Crippen molar-refractivity contribution in [2.45, 2.75) is 13.3 Å². The Morgan fingerprint density at radius 1 is 1.42 bits per heavy atom. The minimum absolute atomic E-state index is 0.423. The molecule has 0 aromatic carbocycles. The van der Waals surface area contributed by atoms with Gasteiger partial charge in [-0.2, -0.15) is 0 Å². The molecule has 2 aromatic heterocycles. The average Bonchev–Trinajstić information content (AvgIpc) is 2.49. The predicted octanol–water partition coefficient (Wildman–Crippen LogP) is 0.269. The first kappa shape index (κ1) is 7.02. The Balaban J connectivity index is 2.80. The Bertz CT molecular complexity index is 405. The van der Waals surface area contributed by atoms with Crippen molar-refractivity contribution in [1.29, 1.82) is 0 Å². The van der Waals surface area contributed by atoms with Crippen LogP contribution in [0.2, 0.25) is 0 Å². The highest BCUT2D eigenvalue weighted by Gasteiger charge is 2.04. The average molecular weight is 163 g/mol. The van der Waals surface area contributed by atoms with Crippen LogP contribution in [0, 0.1) is 0 Å². The number of anilines is 1. The van der Waals surface area contributed by atoms with E-state index in [1.54, 1.807) is 10.7 Å². The SMILES string of the molecule is CCc1ncn2c(N)ncnc12. The minimum atomic E-state index is 0.423. The number of nitrogens with two attached hydrogens (primary N) is 1. The summed E-state index contributed by atoms with van der Waals surface area (Å²) in [4.78, 5) is 12.1. The molecule has 0 atom stereocenters. The summed E-state index contributed by atoms with van der Waals surface area (Å²) in [6.07, 6.45) is 3.95. The maximum Gasteiger partial charge on any atom is 0.208 e. The second-order valence-electron chi connectivity index (χ2n) is 2.47. The first-order valence-electron chi connectivity index (χ1n) is 3.75. The van der Waals surface area contributed by atoms with Crippen molar-refractivity contribution >= 4 is 11.6 Å². The zero-order chi connectivity index (χ0) is 8.55. The van der Waals surface area contributed by atoms with Crippen molar-refractivity contribution in [1.82, 2.24) is 19.4 Å². The molecule has 5 nitrogen and oxygen atoms in total. The molecule has 0 spiro atoms. The van der Waals surface area contributed by atoms with Gasteiger partial charge in [0, 0.05) is 0 Å². The van der Waals surface area contributed by atoms with Gasteiger partial charge < -0.3 is 5.73 Å². The van der Waals surface area contributed by atoms with E-state index in [1.807, 2.05) is 6.92 Å². The number of hydrogen-bond donors (Lipinski definition) is 1. The van der Waals surface area contributed by atoms with Crippen molar-refractivity contribution in [3.05, 3.63) is 18.3 Å². The lowest BCUT2D eigenvalue weighted by atomic mass is 10.3. The molecule has 0 amide bonds. The molecule has 62 valence electrons. The molecule has 0 aliphatic heterocycles. The number of rotatable bonds is 1. The summed E-state index contributed by atoms with van der Waals surface area (Å²) in [7, 11) is 0. The smallest absolute Gasteiger partial charge is 0.208 e. The first-order chi connectivity index (χ1) is 5.83. The van der Waals surface area contributed by atoms with E-state index in [9.17, 15) is 0 Å². The zero-order valence-electron chi connectivity index (χ0n) is 6.73. The van der Waals surface area contributed by atoms with Crippen LogP contribution < -0.4 is 5.73 Å². The summed E-state index contributed by atoms with van der Waals surface area (Å²) in [5.74, 6) is 0.423. The van der Waals surface area contributed by atoms with Crippen LogP contribution in [-0.2, 0) is 6.42 Å². The minimum Gasteiger partial charge on any atom is -0.369 e. The number of imidazole rings is 1. The maximum absolute atomic E-state index is 5.60. The number of fused-ring (bicyclic) bond motifs is 1. The van der Waals surface area contributed by atoms with Crippen molar-refractivity contribution in [3.63, 3.8) is 0 Å². The summed E-state index contributed by atoms with van der Waals surface area (Å²) < 4.78 is 1.68. The molecule has 2 N–H and O–H groups in total. The van der Waals surface area contributed by atoms with Crippen molar-refractivity contribution in [3.8, 4) is 0 Å². The van der Waals surface area contributed by atoms with E-state index >= 15 is 0 Å². The van der Waals surface area contributed by atoms with Gasteiger partial charge in [-0.25, -0.2) is 15.0 Å². The topological polar surface area (TPSA) is 69.1 Å². The first-order valence-corrected chi connectivity index (χ1v) is 3.75. The fourth-order valence-corrected chi connectivity index (χ4v) is 1.14. The fraction of sp³-hybridized carbons (Fsp3) is 0.286. The summed E-state index contributed by atoms with van der Waals surface area (Å²) in [6, 6.07) is 0. The number of aryl methyl sites for hydroxylation is 1. The third kappa shape index (κ3) is 0.827. The third-order valence-corrected chi connectivity index (χ3v) is 1.77. The van der Waals surface area contributed by atoms with Crippen LogP contribution in [0.3, 0.4) is 0 Å². The lowest BCUT2D eigenvalue weighted by molar-refractivity contribution is 1.03. The molecule has 0 saturated heterocycles. The van der Waals surface area contributed by atoms with Gasteiger partial charge in [-0.1, -0.05) is 6.92 Å². The van der Waals surface area contributed by atoms with Gasteiger partial charge in [0.25, 0.3) is 0 Å². The van der Waals surface area contributed by atoms with Crippen LogP contribution in [0.5, 0.6) is 0 Å². The molecule has 0 aliphatic rings. The molecule has 0 fully saturated rings. The number of hydrogen-bond acceptors (Lipinski definition) is 4. The van der Waals surface area contributed by atoms with Gasteiger partial charge in [-0.05, 0) is 6.42 Å². The molecular weight excluding hydrogens is 154 g/mol. The van der Waals surface area contributed by atoms with Gasteiger partial charge in [-0.15, -0.1) is 0 Å². The monoisotopic (exact) mass is 163 g/mol. The highest BCUT2D eigenvalue weighted by molar-refractivity contribution is 5.47. The molecule has 0 aliphatic carbocycles. The lowest BCUT2D eigenvalue weighted by Crippen LogP contribution is -2.00. The number of nitrogens with zero attached hydrogens (tertiary/aromatic N) is 4. The summed E-state index contributed by atoms with van der Waals surface area (Å²) in [5, 5.41) is 0. The predicted molar refractivity (Wildman–Crippen MR) is 44.6 cm³/mol. The second-order valence-corrected chi connectivity index (χ2v) is 2.47. The van der Waals surface area contributed by atoms with Crippen LogP contribution in [0.25, 0.3) is 5.65 Å². The van der Waals surface area contributed by atoms with Gasteiger partial charge in [0.05, 0.1) is 5.69 Å². The van der Waals surface area contributed by atoms with Crippen LogP contribution >= 0.6 is 0 Å². The Morgan fingerprint density at radius 2 is 2.25 bits per heavy atom. The Kier molecular flexibility index (Phi) is 1.43. The van der Waals surface area contributed by atoms with Crippen LogP contribution in [0.4, 0.5) is 5.95 Å². The standard InChI is InChI=1S/C7H9N5/c1-2-5-6-9-3-10-7(8)12(6)4-11-5/h3-4H,2H2,1H3,(H2,8,9,10). The summed E-state index contributed by atoms with van der Waals surface area (Å²) >= 11 is 0. The van der Waals surface area contributed by atoms with Crippen LogP contribution in [-0.4, -0.2) is 19.4 Å². The fourth-order valence-electron chi connectivity index (χ4n) is 1.14. The van der Waals surface area contributed by atoms with Crippen molar-refractivity contribution in [2.75, 3.05) is 5.73 Å². The van der Waals surface area contributed by atoms with Gasteiger partial charge >= 0.3 is 0 Å². The van der Waals surface area contributed by atoms with E-state index in [0.717, 1.165) is 17.8 Å². The van der Waals surface area contributed by atoms with Gasteiger partial charge in [-0.3, -0.25) is 4.40 Å². The Hall–Kier alpha value is -1.65. The highest BCUT2D eigenvalue weighted by atomic mass is 15.2. The summed E-state index contributed by atoms with van der Waals surface area (Å²) in [5.41, 5.74) is 7.34. The Labute approximate surface area is 69.3 Å². The van der Waals surface area contributed by atoms with E-state index in [1.165, 1.54) is 6.33 Å². The van der Waals surface area contributed by atoms with Gasteiger partial charge in [0.15, 0.2) is 5.65 Å². The molecule has 0 bridgehead atoms. The maximum atomic E-state index is 5.60. The van der Waals surface area contributed by atoms with Gasteiger partial charge in [0.2, 0.25) is 5.95 Å². The van der Waals surface area contributed by atoms with Gasteiger partial charge in [0.1, 0.15) is 12.7 Å². The van der Waals surface area contributed by atoms with Crippen molar-refractivity contribution in [2.24, 2.45) is 0 Å². The largest absolute Gasteiger partial charge is 0.369 e. The molecule has 2 aromatic rings. The third-order valence-electron chi connectivity index (χ3n) is 1.77. The number of nitrogen functional groups attached to an aromatic ring is 1. The summed E-state index contributed by atoms with van der Waals surface area (Å²) in [6.45, 7) is 2.03. The molecule has 5 heteroatoms. The van der Waals surface area contributed by atoms with E-state index in [2.05, 4.69) is 15.0 Å². The van der Waals surface area contributed by atoms with E-state index in [-0.39, 0.29) is 0 Å². The van der Waals surface area contributed by atoms with E-state index < -0.39 is 0 Å². The van der Waals surface area contributed by atoms with E-state index in [4.69, 9.17) is 5.73 Å². The van der Waals surface area contributed by atoms with E-state index in [0.29, 0.717) is 5.95 Å². The number of aromatic nitrogens is 4. The van der Waals surface area contributed by atoms with Crippen molar-refractivity contribution < 1.29 is 0 Å². The molecular formula is C7H9N5. The normalized spacial score (nSPS) is 10.8. The van der Waals surface area contributed by atoms with Crippen LogP contribution in [0.15, 0.2) is 12.7 Å². The molecule has 0 saturated carbocycles. The Morgan fingerprint density at radius 3 is 3.00 bits per heavy atom. The molecule has 12 heavy (non-hydrogen) atoms. The zero-order valence-corrected chi connectivity index (χ0v) is 6.73. The quantitative estimate of drug-likeness (QED) is 0.655. The van der Waals surface area contributed by atoms with Crippen LogP contribution in [0.1, 0.15) is 12.6 Å². The molecule has 0 radical (unpaired) electrons. The molecule has 2 rings (SSSR count). The molecule has 0 unspecified atom stereocenters. The second kappa shape index (κ2) is 2.44. The highest BCUT2D eigenvalue weighted by Crippen LogP contribution is 2.08.